The van der Waals surface area contributed by atoms with Crippen molar-refractivity contribution in [1.82, 2.24) is 14.9 Å². The first-order valence-electron chi connectivity index (χ1n) is 14.6. The summed E-state index contributed by atoms with van der Waals surface area (Å²) in [5.74, 6) is 2.39. The number of aryl methyl sites for hydroxylation is 3. The first-order chi connectivity index (χ1) is 18.5. The van der Waals surface area contributed by atoms with Crippen LogP contribution < -0.4 is 9.80 Å². The van der Waals surface area contributed by atoms with Gasteiger partial charge in [-0.15, -0.1) is 0 Å². The number of fused-ring (bicyclic) bond motifs is 1. The third-order valence-electron chi connectivity index (χ3n) is 8.77. The first-order valence-corrected chi connectivity index (χ1v) is 14.6. The zero-order valence-corrected chi connectivity index (χ0v) is 25.0. The van der Waals surface area contributed by atoms with E-state index >= 15 is 0 Å². The minimum Gasteiger partial charge on any atom is -0.379 e. The molecule has 3 aromatic rings. The highest BCUT2D eigenvalue weighted by atomic mass is 16.3. The van der Waals surface area contributed by atoms with Gasteiger partial charge in [0.2, 0.25) is 0 Å². The van der Waals surface area contributed by atoms with Crippen LogP contribution in [0.25, 0.3) is 11.4 Å². The standard InChI is InChI=1S/C33H45N5O/c1-20(2)27-13-12-21(3)30(16-27)36-15-14-29-28(19-36)33(38-18-24(6)37(26(8)39)17-25(38)7)35-32(34-29)31-22(4)10-9-11-23(31)5/h9-13,16,20,24-26,39H,14-15,17-19H2,1-8H3. The Morgan fingerprint density at radius 1 is 0.897 bits per heavy atom. The highest BCUT2D eigenvalue weighted by Crippen LogP contribution is 2.37. The summed E-state index contributed by atoms with van der Waals surface area (Å²) in [6.45, 7) is 20.8. The lowest BCUT2D eigenvalue weighted by atomic mass is 9.97. The van der Waals surface area contributed by atoms with Gasteiger partial charge in [0.1, 0.15) is 12.0 Å². The fourth-order valence-electron chi connectivity index (χ4n) is 6.41. The molecule has 3 heterocycles. The number of aromatic nitrogens is 2. The van der Waals surface area contributed by atoms with Gasteiger partial charge in [-0.05, 0) is 75.8 Å². The zero-order chi connectivity index (χ0) is 28.0. The van der Waals surface area contributed by atoms with E-state index in [4.69, 9.17) is 9.97 Å². The topological polar surface area (TPSA) is 55.7 Å². The minimum absolute atomic E-state index is 0.222. The fourth-order valence-corrected chi connectivity index (χ4v) is 6.41. The summed E-state index contributed by atoms with van der Waals surface area (Å²) in [5, 5.41) is 10.4. The largest absolute Gasteiger partial charge is 0.379 e. The van der Waals surface area contributed by atoms with Crippen LogP contribution >= 0.6 is 0 Å². The molecule has 1 aromatic heterocycles. The van der Waals surface area contributed by atoms with E-state index in [0.717, 1.165) is 49.8 Å². The van der Waals surface area contributed by atoms with Crippen LogP contribution in [-0.2, 0) is 13.0 Å². The lowest BCUT2D eigenvalue weighted by molar-refractivity contribution is -0.0198. The molecule has 2 aliphatic heterocycles. The molecule has 208 valence electrons. The van der Waals surface area contributed by atoms with Crippen molar-refractivity contribution in [2.75, 3.05) is 29.4 Å². The molecule has 3 unspecified atom stereocenters. The molecule has 2 aliphatic rings. The van der Waals surface area contributed by atoms with Gasteiger partial charge in [0.05, 0.1) is 5.69 Å². The number of aliphatic hydroxyl groups excluding tert-OH is 1. The third kappa shape index (κ3) is 5.29. The molecule has 0 saturated carbocycles. The Kier molecular flexibility index (Phi) is 7.71. The molecule has 6 nitrogen and oxygen atoms in total. The second kappa shape index (κ2) is 10.9. The van der Waals surface area contributed by atoms with E-state index in [0.29, 0.717) is 5.92 Å². The van der Waals surface area contributed by atoms with Gasteiger partial charge in [0.25, 0.3) is 0 Å². The molecule has 0 aliphatic carbocycles. The van der Waals surface area contributed by atoms with E-state index < -0.39 is 6.23 Å². The van der Waals surface area contributed by atoms with Crippen LogP contribution in [0.2, 0.25) is 0 Å². The molecule has 0 bridgehead atoms. The summed E-state index contributed by atoms with van der Waals surface area (Å²) >= 11 is 0. The molecule has 3 atom stereocenters. The second-order valence-corrected chi connectivity index (χ2v) is 12.1. The lowest BCUT2D eigenvalue weighted by Gasteiger charge is -2.47. The van der Waals surface area contributed by atoms with Crippen LogP contribution in [0.15, 0.2) is 36.4 Å². The van der Waals surface area contributed by atoms with Crippen LogP contribution in [0.5, 0.6) is 0 Å². The van der Waals surface area contributed by atoms with Gasteiger partial charge in [-0.25, -0.2) is 9.97 Å². The van der Waals surface area contributed by atoms with E-state index in [1.807, 2.05) is 6.92 Å². The Bertz CT molecular complexity index is 1330. The van der Waals surface area contributed by atoms with Crippen molar-refractivity contribution in [3.63, 3.8) is 0 Å². The number of aliphatic hydroxyl groups is 1. The van der Waals surface area contributed by atoms with Crippen LogP contribution in [0, 0.1) is 20.8 Å². The fraction of sp³-hybridized carbons (Fsp3) is 0.515. The SMILES string of the molecule is Cc1ccc(C(C)C)cc1N1CCc2nc(-c3c(C)cccc3C)nc(N3CC(C)N(C(C)O)CC3C)c2C1. The van der Waals surface area contributed by atoms with E-state index in [-0.39, 0.29) is 12.1 Å². The normalized spacial score (nSPS) is 20.9. The van der Waals surface area contributed by atoms with E-state index in [1.54, 1.807) is 0 Å². The summed E-state index contributed by atoms with van der Waals surface area (Å²) < 4.78 is 0. The maximum absolute atomic E-state index is 10.4. The number of nitrogens with zero attached hydrogens (tertiary/aromatic N) is 5. The summed E-state index contributed by atoms with van der Waals surface area (Å²) in [5.41, 5.74) is 9.98. The van der Waals surface area contributed by atoms with E-state index in [9.17, 15) is 5.11 Å². The average Bonchev–Trinajstić information content (AvgIpc) is 2.89. The van der Waals surface area contributed by atoms with Crippen LogP contribution in [-0.4, -0.2) is 57.9 Å². The molecule has 1 saturated heterocycles. The Morgan fingerprint density at radius 3 is 2.28 bits per heavy atom. The van der Waals surface area contributed by atoms with Gasteiger partial charge >= 0.3 is 0 Å². The Hall–Kier alpha value is -2.96. The zero-order valence-electron chi connectivity index (χ0n) is 25.0. The summed E-state index contributed by atoms with van der Waals surface area (Å²) in [4.78, 5) is 17.8. The maximum atomic E-state index is 10.4. The smallest absolute Gasteiger partial charge is 0.162 e. The molecule has 1 N–H and O–H groups in total. The van der Waals surface area contributed by atoms with Gasteiger partial charge in [0.15, 0.2) is 5.82 Å². The third-order valence-corrected chi connectivity index (χ3v) is 8.77. The van der Waals surface area contributed by atoms with Crippen LogP contribution in [0.4, 0.5) is 11.5 Å². The molecule has 39 heavy (non-hydrogen) atoms. The van der Waals surface area contributed by atoms with E-state index in [2.05, 4.69) is 99.6 Å². The lowest BCUT2D eigenvalue weighted by Crippen LogP contribution is -2.59. The van der Waals surface area contributed by atoms with Gasteiger partial charge in [-0.2, -0.15) is 0 Å². The highest BCUT2D eigenvalue weighted by Gasteiger charge is 2.35. The molecule has 0 spiro atoms. The van der Waals surface area contributed by atoms with E-state index in [1.165, 1.54) is 39.2 Å². The number of hydrogen-bond donors (Lipinski definition) is 1. The Morgan fingerprint density at radius 2 is 1.62 bits per heavy atom. The van der Waals surface area contributed by atoms with Crippen molar-refractivity contribution < 1.29 is 5.11 Å². The molecule has 5 rings (SSSR count). The predicted octanol–water partition coefficient (Wildman–Crippen LogP) is 5.99. The minimum atomic E-state index is -0.458. The summed E-state index contributed by atoms with van der Waals surface area (Å²) in [6, 6.07) is 13.8. The second-order valence-electron chi connectivity index (χ2n) is 12.1. The summed E-state index contributed by atoms with van der Waals surface area (Å²) in [6.07, 6.45) is 0.437. The Balaban J connectivity index is 1.61. The number of piperazine rings is 1. The number of benzene rings is 2. The first kappa shape index (κ1) is 27.6. The van der Waals surface area contributed by atoms with Gasteiger partial charge in [-0.1, -0.05) is 44.2 Å². The average molecular weight is 528 g/mol. The quantitative estimate of drug-likeness (QED) is 0.440. The number of rotatable bonds is 5. The molecule has 1 fully saturated rings. The highest BCUT2D eigenvalue weighted by molar-refractivity contribution is 5.68. The molecule has 6 heteroatoms. The van der Waals surface area contributed by atoms with Gasteiger partial charge < -0.3 is 14.9 Å². The van der Waals surface area contributed by atoms with Crippen molar-refractivity contribution in [2.24, 2.45) is 0 Å². The number of hydrogen-bond acceptors (Lipinski definition) is 6. The van der Waals surface area contributed by atoms with Crippen LogP contribution in [0.3, 0.4) is 0 Å². The van der Waals surface area contributed by atoms with Crippen molar-refractivity contribution in [2.45, 2.75) is 92.6 Å². The maximum Gasteiger partial charge on any atom is 0.162 e. The Labute approximate surface area is 234 Å². The van der Waals surface area contributed by atoms with Gasteiger partial charge in [0, 0.05) is 61.5 Å². The monoisotopic (exact) mass is 527 g/mol. The van der Waals surface area contributed by atoms with Gasteiger partial charge in [-0.3, -0.25) is 4.90 Å². The molecular formula is C33H45N5O. The van der Waals surface area contributed by atoms with Crippen molar-refractivity contribution >= 4 is 11.5 Å². The van der Waals surface area contributed by atoms with Crippen molar-refractivity contribution in [3.8, 4) is 11.4 Å². The van der Waals surface area contributed by atoms with Crippen molar-refractivity contribution in [3.05, 3.63) is 69.9 Å². The number of anilines is 2. The molecule has 2 aromatic carbocycles. The molecule has 0 radical (unpaired) electrons. The van der Waals surface area contributed by atoms with Crippen LogP contribution in [0.1, 0.15) is 74.0 Å². The molecule has 0 amide bonds. The molecular weight excluding hydrogens is 482 g/mol. The predicted molar refractivity (Wildman–Crippen MR) is 162 cm³/mol. The van der Waals surface area contributed by atoms with Crippen molar-refractivity contribution in [1.29, 1.82) is 0 Å². The summed E-state index contributed by atoms with van der Waals surface area (Å²) in [7, 11) is 0.